The third-order valence-corrected chi connectivity index (χ3v) is 3.93. The van der Waals surface area contributed by atoms with E-state index in [4.69, 9.17) is 0 Å². The molecule has 1 aromatic heterocycles. The molecule has 3 aromatic rings. The predicted molar refractivity (Wildman–Crippen MR) is 94.2 cm³/mol. The summed E-state index contributed by atoms with van der Waals surface area (Å²) in [6, 6.07) is 13.0. The Morgan fingerprint density at radius 3 is 2.58 bits per heavy atom. The lowest BCUT2D eigenvalue weighted by atomic mass is 10.1. The van der Waals surface area contributed by atoms with Crippen LogP contribution in [0.5, 0.6) is 0 Å². The second kappa shape index (κ2) is 6.66. The molecule has 0 bridgehead atoms. The van der Waals surface area contributed by atoms with Gasteiger partial charge in [0.15, 0.2) is 5.78 Å². The maximum atomic E-state index is 12.1. The maximum absolute atomic E-state index is 12.1. The highest BCUT2D eigenvalue weighted by atomic mass is 16.1. The third kappa shape index (κ3) is 3.51. The van der Waals surface area contributed by atoms with Crippen LogP contribution in [0.4, 0.5) is 5.69 Å². The Kier molecular flexibility index (Phi) is 4.42. The van der Waals surface area contributed by atoms with Gasteiger partial charge in [0.2, 0.25) is 5.91 Å². The number of carbonyl (C=O) groups is 2. The molecule has 0 saturated heterocycles. The van der Waals surface area contributed by atoms with E-state index in [0.717, 1.165) is 10.9 Å². The molecule has 0 fully saturated rings. The van der Waals surface area contributed by atoms with Gasteiger partial charge >= 0.3 is 0 Å². The quantitative estimate of drug-likeness (QED) is 0.731. The number of nitrogens with one attached hydrogen (secondary N) is 1. The predicted octanol–water partition coefficient (Wildman–Crippen LogP) is 3.58. The Bertz CT molecular complexity index is 895. The van der Waals surface area contributed by atoms with Gasteiger partial charge in [0.1, 0.15) is 0 Å². The van der Waals surface area contributed by atoms with Crippen molar-refractivity contribution in [1.82, 2.24) is 9.78 Å². The van der Waals surface area contributed by atoms with Gasteiger partial charge in [-0.3, -0.25) is 14.3 Å². The SMILES string of the molecule is CC(=O)c1ccc(NC(=O)CCn2ncc3ccc(C)cc32)cc1. The van der Waals surface area contributed by atoms with E-state index in [1.54, 1.807) is 24.3 Å². The molecule has 0 saturated carbocycles. The lowest BCUT2D eigenvalue weighted by Gasteiger charge is -2.07. The molecular weight excluding hydrogens is 302 g/mol. The van der Waals surface area contributed by atoms with Crippen LogP contribution in [-0.2, 0) is 11.3 Å². The first-order chi connectivity index (χ1) is 11.5. The first kappa shape index (κ1) is 15.9. The van der Waals surface area contributed by atoms with Crippen LogP contribution >= 0.6 is 0 Å². The van der Waals surface area contributed by atoms with Crippen molar-refractivity contribution in [3.05, 3.63) is 59.8 Å². The molecule has 5 nitrogen and oxygen atoms in total. The van der Waals surface area contributed by atoms with E-state index in [9.17, 15) is 9.59 Å². The number of amides is 1. The summed E-state index contributed by atoms with van der Waals surface area (Å²) in [6.45, 7) is 4.07. The summed E-state index contributed by atoms with van der Waals surface area (Å²) in [5, 5.41) is 8.25. The van der Waals surface area contributed by atoms with Crippen LogP contribution in [0.1, 0.15) is 29.3 Å². The Morgan fingerprint density at radius 1 is 1.12 bits per heavy atom. The summed E-state index contributed by atoms with van der Waals surface area (Å²) in [4.78, 5) is 23.4. The van der Waals surface area contributed by atoms with Crippen LogP contribution in [0.25, 0.3) is 10.9 Å². The van der Waals surface area contributed by atoms with Gasteiger partial charge in [-0.2, -0.15) is 5.10 Å². The van der Waals surface area contributed by atoms with Gasteiger partial charge in [0, 0.05) is 23.1 Å². The monoisotopic (exact) mass is 321 g/mol. The number of aryl methyl sites for hydroxylation is 2. The van der Waals surface area contributed by atoms with Gasteiger partial charge in [0.25, 0.3) is 0 Å². The van der Waals surface area contributed by atoms with E-state index in [-0.39, 0.29) is 11.7 Å². The molecular formula is C19H19N3O2. The van der Waals surface area contributed by atoms with Gasteiger partial charge in [-0.15, -0.1) is 0 Å². The molecule has 3 rings (SSSR count). The molecule has 0 radical (unpaired) electrons. The van der Waals surface area contributed by atoms with Crippen LogP contribution in [0.2, 0.25) is 0 Å². The Hall–Kier alpha value is -2.95. The minimum Gasteiger partial charge on any atom is -0.326 e. The molecule has 122 valence electrons. The number of rotatable bonds is 5. The minimum absolute atomic E-state index is 0.00808. The van der Waals surface area contributed by atoms with Crippen LogP contribution < -0.4 is 5.32 Å². The first-order valence-corrected chi connectivity index (χ1v) is 7.86. The zero-order valence-corrected chi connectivity index (χ0v) is 13.7. The zero-order valence-electron chi connectivity index (χ0n) is 13.7. The van der Waals surface area contributed by atoms with E-state index in [0.29, 0.717) is 24.2 Å². The van der Waals surface area contributed by atoms with E-state index >= 15 is 0 Å². The van der Waals surface area contributed by atoms with Crippen molar-refractivity contribution in [3.8, 4) is 0 Å². The molecule has 1 heterocycles. The van der Waals surface area contributed by atoms with Gasteiger partial charge in [0.05, 0.1) is 18.3 Å². The van der Waals surface area contributed by atoms with E-state index in [2.05, 4.69) is 16.5 Å². The standard InChI is InChI=1S/C19H19N3O2/c1-13-3-4-16-12-20-22(18(16)11-13)10-9-19(24)21-17-7-5-15(6-8-17)14(2)23/h3-8,11-12H,9-10H2,1-2H3,(H,21,24). The number of Topliss-reactive ketones (excluding diaryl/α,β-unsaturated/α-hetero) is 1. The smallest absolute Gasteiger partial charge is 0.226 e. The van der Waals surface area contributed by atoms with E-state index in [1.165, 1.54) is 12.5 Å². The van der Waals surface area contributed by atoms with Gasteiger partial charge < -0.3 is 5.32 Å². The normalized spacial score (nSPS) is 10.8. The largest absolute Gasteiger partial charge is 0.326 e. The molecule has 0 atom stereocenters. The number of benzene rings is 2. The number of anilines is 1. The molecule has 24 heavy (non-hydrogen) atoms. The molecule has 5 heteroatoms. The molecule has 0 aliphatic rings. The molecule has 0 aliphatic carbocycles. The van der Waals surface area contributed by atoms with Crippen molar-refractivity contribution < 1.29 is 9.59 Å². The Balaban J connectivity index is 1.62. The number of carbonyl (C=O) groups excluding carboxylic acids is 2. The summed E-state index contributed by atoms with van der Waals surface area (Å²) < 4.78 is 1.85. The summed E-state index contributed by atoms with van der Waals surface area (Å²) in [7, 11) is 0. The number of nitrogens with zero attached hydrogens (tertiary/aromatic N) is 2. The van der Waals surface area contributed by atoms with Crippen LogP contribution in [-0.4, -0.2) is 21.5 Å². The lowest BCUT2D eigenvalue weighted by Crippen LogP contribution is -2.15. The number of hydrogen-bond donors (Lipinski definition) is 1. The maximum Gasteiger partial charge on any atom is 0.226 e. The molecule has 1 amide bonds. The van der Waals surface area contributed by atoms with Crippen LogP contribution in [0.3, 0.4) is 0 Å². The van der Waals surface area contributed by atoms with Gasteiger partial charge in [-0.25, -0.2) is 0 Å². The summed E-state index contributed by atoms with van der Waals surface area (Å²) in [5.74, 6) is -0.0735. The summed E-state index contributed by atoms with van der Waals surface area (Å²) in [5.41, 5.74) is 3.52. The molecule has 0 unspecified atom stereocenters. The van der Waals surface area contributed by atoms with Crippen molar-refractivity contribution in [2.45, 2.75) is 26.8 Å². The van der Waals surface area contributed by atoms with Crippen molar-refractivity contribution in [2.24, 2.45) is 0 Å². The third-order valence-electron chi connectivity index (χ3n) is 3.93. The first-order valence-electron chi connectivity index (χ1n) is 7.86. The fraction of sp³-hybridized carbons (Fsp3) is 0.211. The van der Waals surface area contributed by atoms with Gasteiger partial charge in [-0.05, 0) is 49.7 Å². The van der Waals surface area contributed by atoms with Crippen molar-refractivity contribution >= 4 is 28.3 Å². The molecule has 0 spiro atoms. The van der Waals surface area contributed by atoms with Crippen molar-refractivity contribution in [1.29, 1.82) is 0 Å². The van der Waals surface area contributed by atoms with E-state index < -0.39 is 0 Å². The topological polar surface area (TPSA) is 64.0 Å². The highest BCUT2D eigenvalue weighted by Gasteiger charge is 2.07. The van der Waals surface area contributed by atoms with Crippen molar-refractivity contribution in [2.75, 3.05) is 5.32 Å². The number of ketones is 1. The molecule has 1 N–H and O–H groups in total. The summed E-state index contributed by atoms with van der Waals surface area (Å²) in [6.07, 6.45) is 2.15. The summed E-state index contributed by atoms with van der Waals surface area (Å²) >= 11 is 0. The minimum atomic E-state index is -0.0816. The molecule has 0 aliphatic heterocycles. The fourth-order valence-electron chi connectivity index (χ4n) is 2.58. The van der Waals surface area contributed by atoms with Crippen molar-refractivity contribution in [3.63, 3.8) is 0 Å². The number of hydrogen-bond acceptors (Lipinski definition) is 3. The Morgan fingerprint density at radius 2 is 1.88 bits per heavy atom. The van der Waals surface area contributed by atoms with Crippen LogP contribution in [0.15, 0.2) is 48.7 Å². The molecule has 2 aromatic carbocycles. The number of aromatic nitrogens is 2. The fourth-order valence-corrected chi connectivity index (χ4v) is 2.58. The average molecular weight is 321 g/mol. The van der Waals surface area contributed by atoms with Gasteiger partial charge in [-0.1, -0.05) is 12.1 Å². The highest BCUT2D eigenvalue weighted by molar-refractivity contribution is 5.95. The Labute approximate surface area is 140 Å². The average Bonchev–Trinajstić information content (AvgIpc) is 2.95. The van der Waals surface area contributed by atoms with Crippen LogP contribution in [0, 0.1) is 6.92 Å². The number of fused-ring (bicyclic) bond motifs is 1. The zero-order chi connectivity index (χ0) is 17.1. The van der Waals surface area contributed by atoms with E-state index in [1.807, 2.05) is 29.9 Å². The second-order valence-corrected chi connectivity index (χ2v) is 5.86. The lowest BCUT2D eigenvalue weighted by molar-refractivity contribution is -0.116. The second-order valence-electron chi connectivity index (χ2n) is 5.86. The highest BCUT2D eigenvalue weighted by Crippen LogP contribution is 2.16.